The molecule has 5 N–H and O–H groups in total. The number of likely N-dealkylation sites (tertiary alicyclic amines) is 1. The molecule has 0 aromatic heterocycles. The Bertz CT molecular complexity index is 613. The Hall–Kier alpha value is -1.81. The molecule has 3 amide bonds. The quantitative estimate of drug-likeness (QED) is 0.309. The highest BCUT2D eigenvalue weighted by Gasteiger charge is 2.38. The van der Waals surface area contributed by atoms with Crippen molar-refractivity contribution in [1.82, 2.24) is 15.5 Å². The predicted molar refractivity (Wildman–Crippen MR) is 112 cm³/mol. The van der Waals surface area contributed by atoms with Crippen molar-refractivity contribution in [2.75, 3.05) is 12.3 Å². The number of rotatable bonds is 10. The number of aliphatic carboxylic acids is 1. The van der Waals surface area contributed by atoms with E-state index in [0.717, 1.165) is 0 Å². The molecule has 29 heavy (non-hydrogen) atoms. The van der Waals surface area contributed by atoms with E-state index in [0.29, 0.717) is 25.8 Å². The number of hydrogen-bond donors (Lipinski definition) is 5. The molecule has 4 atom stereocenters. The zero-order valence-electron chi connectivity index (χ0n) is 17.6. The highest BCUT2D eigenvalue weighted by atomic mass is 32.1. The molecule has 0 aromatic carbocycles. The van der Waals surface area contributed by atoms with E-state index in [1.807, 2.05) is 13.8 Å². The molecule has 0 spiro atoms. The van der Waals surface area contributed by atoms with Crippen LogP contribution in [-0.2, 0) is 19.2 Å². The maximum absolute atomic E-state index is 12.9. The maximum atomic E-state index is 12.9. The highest BCUT2D eigenvalue weighted by molar-refractivity contribution is 7.80. The van der Waals surface area contributed by atoms with Gasteiger partial charge in [0.25, 0.3) is 0 Å². The molecule has 1 rings (SSSR count). The number of nitrogens with zero attached hydrogens (tertiary/aromatic N) is 1. The van der Waals surface area contributed by atoms with Gasteiger partial charge in [-0.2, -0.15) is 12.6 Å². The molecule has 9 nitrogen and oxygen atoms in total. The number of carboxylic acid groups (broad SMARTS) is 1. The molecule has 0 aromatic rings. The van der Waals surface area contributed by atoms with Gasteiger partial charge in [0, 0.05) is 12.3 Å². The lowest BCUT2D eigenvalue weighted by Gasteiger charge is -2.30. The molecule has 1 aliphatic rings. The first kappa shape index (κ1) is 25.2. The predicted octanol–water partition coefficient (Wildman–Crippen LogP) is -0.00920. The van der Waals surface area contributed by atoms with Crippen molar-refractivity contribution < 1.29 is 24.3 Å². The van der Waals surface area contributed by atoms with Crippen LogP contribution in [0.1, 0.15) is 47.0 Å². The second kappa shape index (κ2) is 11.4. The zero-order valence-corrected chi connectivity index (χ0v) is 18.4. The van der Waals surface area contributed by atoms with E-state index < -0.39 is 42.0 Å². The standard InChI is InChI=1S/C19H34N4O5S/c1-10(2)8-12(20)18(26)23-7-5-6-14(23)16(24)22-15(11(3)4)17(25)21-13(9-29)19(27)28/h10-15,29H,5-9,20H2,1-4H3,(H,21,25)(H,22,24)(H,27,28). The van der Waals surface area contributed by atoms with Gasteiger partial charge in [-0.25, -0.2) is 4.79 Å². The van der Waals surface area contributed by atoms with Crippen molar-refractivity contribution in [2.45, 2.75) is 71.1 Å². The summed E-state index contributed by atoms with van der Waals surface area (Å²) in [5.74, 6) is -2.58. The van der Waals surface area contributed by atoms with E-state index >= 15 is 0 Å². The number of nitrogens with one attached hydrogen (secondary N) is 2. The van der Waals surface area contributed by atoms with Gasteiger partial charge in [0.15, 0.2) is 0 Å². The van der Waals surface area contributed by atoms with Crippen LogP contribution in [0.15, 0.2) is 0 Å². The van der Waals surface area contributed by atoms with Crippen LogP contribution in [0, 0.1) is 11.8 Å². The molecular formula is C19H34N4O5S. The molecule has 10 heteroatoms. The summed E-state index contributed by atoms with van der Waals surface area (Å²) < 4.78 is 0. The topological polar surface area (TPSA) is 142 Å². The van der Waals surface area contributed by atoms with Crippen LogP contribution in [0.3, 0.4) is 0 Å². The Kier molecular flexibility index (Phi) is 9.91. The summed E-state index contributed by atoms with van der Waals surface area (Å²) in [6.07, 6.45) is 1.70. The van der Waals surface area contributed by atoms with Crippen molar-refractivity contribution in [3.05, 3.63) is 0 Å². The van der Waals surface area contributed by atoms with Crippen LogP contribution >= 0.6 is 12.6 Å². The number of carbonyl (C=O) groups is 4. The van der Waals surface area contributed by atoms with Crippen LogP contribution in [-0.4, -0.2) is 70.2 Å². The molecule has 1 heterocycles. The summed E-state index contributed by atoms with van der Waals surface area (Å²) in [5, 5.41) is 14.2. The van der Waals surface area contributed by atoms with E-state index in [1.165, 1.54) is 4.90 Å². The van der Waals surface area contributed by atoms with Crippen LogP contribution in [0.5, 0.6) is 0 Å². The normalized spacial score (nSPS) is 19.7. The zero-order chi connectivity index (χ0) is 22.3. The second-order valence-corrected chi connectivity index (χ2v) is 8.60. The average Bonchev–Trinajstić information content (AvgIpc) is 3.11. The average molecular weight is 431 g/mol. The van der Waals surface area contributed by atoms with Gasteiger partial charge in [-0.3, -0.25) is 14.4 Å². The SMILES string of the molecule is CC(C)CC(N)C(=O)N1CCCC1C(=O)NC(C(=O)NC(CS)C(=O)O)C(C)C. The third-order valence-corrected chi connectivity index (χ3v) is 5.29. The Morgan fingerprint density at radius 1 is 1.17 bits per heavy atom. The first-order chi connectivity index (χ1) is 13.5. The Morgan fingerprint density at radius 2 is 1.79 bits per heavy atom. The van der Waals surface area contributed by atoms with Gasteiger partial charge in [-0.15, -0.1) is 0 Å². The number of amides is 3. The van der Waals surface area contributed by atoms with E-state index in [4.69, 9.17) is 10.8 Å². The van der Waals surface area contributed by atoms with Crippen molar-refractivity contribution in [2.24, 2.45) is 17.6 Å². The highest BCUT2D eigenvalue weighted by Crippen LogP contribution is 2.20. The lowest BCUT2D eigenvalue weighted by molar-refractivity contribution is -0.143. The number of hydrogen-bond acceptors (Lipinski definition) is 6. The number of nitrogens with two attached hydrogens (primary N) is 1. The first-order valence-electron chi connectivity index (χ1n) is 10.00. The van der Waals surface area contributed by atoms with E-state index in [9.17, 15) is 19.2 Å². The van der Waals surface area contributed by atoms with Gasteiger partial charge >= 0.3 is 5.97 Å². The Balaban J connectivity index is 2.84. The summed E-state index contributed by atoms with van der Waals surface area (Å²) in [6, 6.07) is -3.43. The Morgan fingerprint density at radius 3 is 2.28 bits per heavy atom. The molecule has 4 unspecified atom stereocenters. The van der Waals surface area contributed by atoms with E-state index in [1.54, 1.807) is 13.8 Å². The van der Waals surface area contributed by atoms with Crippen LogP contribution in [0.2, 0.25) is 0 Å². The second-order valence-electron chi connectivity index (χ2n) is 8.24. The van der Waals surface area contributed by atoms with E-state index in [2.05, 4.69) is 23.3 Å². The van der Waals surface area contributed by atoms with Crippen molar-refractivity contribution in [1.29, 1.82) is 0 Å². The fourth-order valence-corrected chi connectivity index (χ4v) is 3.60. The minimum atomic E-state index is -1.20. The summed E-state index contributed by atoms with van der Waals surface area (Å²) in [4.78, 5) is 50.7. The Labute approximate surface area is 177 Å². The fourth-order valence-electron chi connectivity index (χ4n) is 3.36. The van der Waals surface area contributed by atoms with Crippen molar-refractivity contribution in [3.8, 4) is 0 Å². The third kappa shape index (κ3) is 7.18. The summed E-state index contributed by atoms with van der Waals surface area (Å²) in [5.41, 5.74) is 6.01. The lowest BCUT2D eigenvalue weighted by Crippen LogP contribution is -2.58. The minimum absolute atomic E-state index is 0.0710. The van der Waals surface area contributed by atoms with Crippen LogP contribution in [0.25, 0.3) is 0 Å². The fraction of sp³-hybridized carbons (Fsp3) is 0.789. The minimum Gasteiger partial charge on any atom is -0.480 e. The molecule has 0 saturated carbocycles. The summed E-state index contributed by atoms with van der Waals surface area (Å²) in [6.45, 7) is 7.89. The molecular weight excluding hydrogens is 396 g/mol. The van der Waals surface area contributed by atoms with Gasteiger partial charge in [-0.05, 0) is 31.1 Å². The molecule has 0 bridgehead atoms. The summed E-state index contributed by atoms with van der Waals surface area (Å²) >= 11 is 3.93. The molecule has 0 aliphatic carbocycles. The largest absolute Gasteiger partial charge is 0.480 e. The van der Waals surface area contributed by atoms with Crippen molar-refractivity contribution >= 4 is 36.3 Å². The smallest absolute Gasteiger partial charge is 0.327 e. The monoisotopic (exact) mass is 430 g/mol. The molecule has 1 aliphatic heterocycles. The maximum Gasteiger partial charge on any atom is 0.327 e. The van der Waals surface area contributed by atoms with E-state index in [-0.39, 0.29) is 23.5 Å². The first-order valence-corrected chi connectivity index (χ1v) is 10.6. The molecule has 166 valence electrons. The van der Waals surface area contributed by atoms with Crippen molar-refractivity contribution in [3.63, 3.8) is 0 Å². The number of carboxylic acids is 1. The van der Waals surface area contributed by atoms with Crippen LogP contribution in [0.4, 0.5) is 0 Å². The van der Waals surface area contributed by atoms with Gasteiger partial charge in [0.1, 0.15) is 18.1 Å². The molecule has 0 radical (unpaired) electrons. The van der Waals surface area contributed by atoms with Gasteiger partial charge in [0.05, 0.1) is 6.04 Å². The molecule has 1 fully saturated rings. The third-order valence-electron chi connectivity index (χ3n) is 4.93. The van der Waals surface area contributed by atoms with Crippen LogP contribution < -0.4 is 16.4 Å². The van der Waals surface area contributed by atoms with Gasteiger partial charge in [0.2, 0.25) is 17.7 Å². The van der Waals surface area contributed by atoms with Gasteiger partial charge < -0.3 is 26.4 Å². The number of carbonyl (C=O) groups excluding carboxylic acids is 3. The number of thiol groups is 1. The van der Waals surface area contributed by atoms with Gasteiger partial charge in [-0.1, -0.05) is 27.7 Å². The summed E-state index contributed by atoms with van der Waals surface area (Å²) in [7, 11) is 0. The lowest BCUT2D eigenvalue weighted by atomic mass is 10.0. The molecule has 1 saturated heterocycles.